The number of carboxylic acids is 1. The fourth-order valence-electron chi connectivity index (χ4n) is 2.35. The van der Waals surface area contributed by atoms with Crippen molar-refractivity contribution in [3.8, 4) is 0 Å². The highest BCUT2D eigenvalue weighted by molar-refractivity contribution is 5.87. The van der Waals surface area contributed by atoms with Gasteiger partial charge in [0.05, 0.1) is 16.6 Å². The summed E-state index contributed by atoms with van der Waals surface area (Å²) in [5.74, 6) is 0.0191. The molecule has 4 heteroatoms. The zero-order valence-corrected chi connectivity index (χ0v) is 11.1. The lowest BCUT2D eigenvalue weighted by atomic mass is 10.1. The zero-order valence-electron chi connectivity index (χ0n) is 11.1. The van der Waals surface area contributed by atoms with E-state index in [9.17, 15) is 4.79 Å². The first-order chi connectivity index (χ1) is 9.65. The topological polar surface area (TPSA) is 55.1 Å². The van der Waals surface area contributed by atoms with Gasteiger partial charge in [0.25, 0.3) is 0 Å². The van der Waals surface area contributed by atoms with Crippen LogP contribution >= 0.6 is 0 Å². The number of nitrogens with zero attached hydrogens (tertiary/aromatic N) is 2. The molecule has 20 heavy (non-hydrogen) atoms. The molecule has 0 aliphatic carbocycles. The third-order valence-corrected chi connectivity index (χ3v) is 3.42. The lowest BCUT2D eigenvalue weighted by Crippen LogP contribution is -2.01. The molecule has 0 unspecified atom stereocenters. The van der Waals surface area contributed by atoms with Gasteiger partial charge in [-0.1, -0.05) is 24.3 Å². The molecule has 1 heterocycles. The van der Waals surface area contributed by atoms with Gasteiger partial charge in [-0.3, -0.25) is 0 Å². The predicted molar refractivity (Wildman–Crippen MR) is 76.9 cm³/mol. The standard InChI is InChI=1S/C16H14N2O2/c1-18-14-8-3-2-7-13(14)17-15(18)10-11-5-4-6-12(9-11)16(19)20/h2-9H,10H2,1H3,(H,19,20). The second-order valence-corrected chi connectivity index (χ2v) is 4.76. The maximum atomic E-state index is 11.0. The highest BCUT2D eigenvalue weighted by Gasteiger charge is 2.09. The van der Waals surface area contributed by atoms with Crippen molar-refractivity contribution < 1.29 is 9.90 Å². The smallest absolute Gasteiger partial charge is 0.335 e. The molecular weight excluding hydrogens is 252 g/mol. The number of hydrogen-bond acceptors (Lipinski definition) is 2. The molecule has 0 saturated heterocycles. The van der Waals surface area contributed by atoms with Gasteiger partial charge in [-0.2, -0.15) is 0 Å². The summed E-state index contributed by atoms with van der Waals surface area (Å²) in [4.78, 5) is 15.6. The van der Waals surface area contributed by atoms with Crippen molar-refractivity contribution in [2.45, 2.75) is 6.42 Å². The summed E-state index contributed by atoms with van der Waals surface area (Å²) in [6.07, 6.45) is 0.617. The lowest BCUT2D eigenvalue weighted by molar-refractivity contribution is 0.0697. The molecule has 0 radical (unpaired) electrons. The van der Waals surface area contributed by atoms with Crippen LogP contribution in [0.15, 0.2) is 48.5 Å². The van der Waals surface area contributed by atoms with Crippen LogP contribution in [0.3, 0.4) is 0 Å². The van der Waals surface area contributed by atoms with Crippen LogP contribution in [-0.4, -0.2) is 20.6 Å². The molecule has 2 aromatic carbocycles. The van der Waals surface area contributed by atoms with E-state index in [0.29, 0.717) is 12.0 Å². The van der Waals surface area contributed by atoms with E-state index in [1.807, 2.05) is 41.9 Å². The molecule has 0 amide bonds. The van der Waals surface area contributed by atoms with Gasteiger partial charge >= 0.3 is 5.97 Å². The Morgan fingerprint density at radius 1 is 1.20 bits per heavy atom. The molecular formula is C16H14N2O2. The van der Waals surface area contributed by atoms with Crippen LogP contribution in [0.2, 0.25) is 0 Å². The summed E-state index contributed by atoms with van der Waals surface area (Å²) in [5.41, 5.74) is 3.29. The van der Waals surface area contributed by atoms with Gasteiger partial charge in [0.2, 0.25) is 0 Å². The summed E-state index contributed by atoms with van der Waals surface area (Å²) in [5, 5.41) is 9.02. The van der Waals surface area contributed by atoms with Crippen LogP contribution in [0.4, 0.5) is 0 Å². The Morgan fingerprint density at radius 2 is 2.00 bits per heavy atom. The van der Waals surface area contributed by atoms with Crippen LogP contribution in [0, 0.1) is 0 Å². The normalized spacial score (nSPS) is 10.8. The van der Waals surface area contributed by atoms with Gasteiger partial charge < -0.3 is 9.67 Å². The first-order valence-corrected chi connectivity index (χ1v) is 6.38. The maximum Gasteiger partial charge on any atom is 0.335 e. The van der Waals surface area contributed by atoms with Crippen LogP contribution in [0.25, 0.3) is 11.0 Å². The zero-order chi connectivity index (χ0) is 14.1. The average molecular weight is 266 g/mol. The molecule has 100 valence electrons. The highest BCUT2D eigenvalue weighted by Crippen LogP contribution is 2.17. The minimum atomic E-state index is -0.906. The molecule has 1 aromatic heterocycles. The number of carboxylic acid groups (broad SMARTS) is 1. The van der Waals surface area contributed by atoms with Crippen molar-refractivity contribution in [1.29, 1.82) is 0 Å². The number of fused-ring (bicyclic) bond motifs is 1. The molecule has 4 nitrogen and oxygen atoms in total. The quantitative estimate of drug-likeness (QED) is 0.793. The predicted octanol–water partition coefficient (Wildman–Crippen LogP) is 2.86. The number of imidazole rings is 1. The van der Waals surface area contributed by atoms with Gasteiger partial charge in [0.1, 0.15) is 5.82 Å². The lowest BCUT2D eigenvalue weighted by Gasteiger charge is -2.04. The van der Waals surface area contributed by atoms with E-state index in [1.165, 1.54) is 0 Å². The number of para-hydroxylation sites is 2. The van der Waals surface area contributed by atoms with E-state index in [2.05, 4.69) is 4.98 Å². The van der Waals surface area contributed by atoms with Crippen LogP contribution in [0.1, 0.15) is 21.7 Å². The second-order valence-electron chi connectivity index (χ2n) is 4.76. The molecule has 0 atom stereocenters. The summed E-state index contributed by atoms with van der Waals surface area (Å²) in [7, 11) is 1.98. The monoisotopic (exact) mass is 266 g/mol. The van der Waals surface area contributed by atoms with Gasteiger partial charge in [0.15, 0.2) is 0 Å². The largest absolute Gasteiger partial charge is 0.478 e. The fraction of sp³-hybridized carbons (Fsp3) is 0.125. The molecule has 0 bridgehead atoms. The Hall–Kier alpha value is -2.62. The number of aromatic nitrogens is 2. The van der Waals surface area contributed by atoms with Crippen molar-refractivity contribution in [2.24, 2.45) is 7.05 Å². The average Bonchev–Trinajstić information content (AvgIpc) is 2.76. The minimum Gasteiger partial charge on any atom is -0.478 e. The van der Waals surface area contributed by atoms with Crippen molar-refractivity contribution in [2.75, 3.05) is 0 Å². The first kappa shape index (κ1) is 12.4. The van der Waals surface area contributed by atoms with Gasteiger partial charge in [-0.15, -0.1) is 0 Å². The van der Waals surface area contributed by atoms with E-state index >= 15 is 0 Å². The molecule has 3 aromatic rings. The van der Waals surface area contributed by atoms with Gasteiger partial charge in [-0.25, -0.2) is 9.78 Å². The molecule has 0 spiro atoms. The number of rotatable bonds is 3. The third kappa shape index (κ3) is 2.16. The molecule has 0 saturated carbocycles. The van der Waals surface area contributed by atoms with E-state index < -0.39 is 5.97 Å². The number of aromatic carboxylic acids is 1. The summed E-state index contributed by atoms with van der Waals surface area (Å²) in [6, 6.07) is 14.9. The summed E-state index contributed by atoms with van der Waals surface area (Å²) < 4.78 is 2.04. The van der Waals surface area contributed by atoms with Crippen molar-refractivity contribution >= 4 is 17.0 Å². The van der Waals surface area contributed by atoms with Crippen LogP contribution < -0.4 is 0 Å². The fourth-order valence-corrected chi connectivity index (χ4v) is 2.35. The van der Waals surface area contributed by atoms with Gasteiger partial charge in [0, 0.05) is 13.5 Å². The Labute approximate surface area is 116 Å². The van der Waals surface area contributed by atoms with Gasteiger partial charge in [-0.05, 0) is 29.8 Å². The van der Waals surface area contributed by atoms with E-state index in [1.54, 1.807) is 18.2 Å². The Bertz CT molecular complexity index is 790. The SMILES string of the molecule is Cn1c(Cc2cccc(C(=O)O)c2)nc2ccccc21. The Kier molecular flexibility index (Phi) is 2.99. The number of hydrogen-bond donors (Lipinski definition) is 1. The summed E-state index contributed by atoms with van der Waals surface area (Å²) in [6.45, 7) is 0. The van der Waals surface area contributed by atoms with Crippen molar-refractivity contribution in [3.05, 3.63) is 65.5 Å². The first-order valence-electron chi connectivity index (χ1n) is 6.38. The van der Waals surface area contributed by atoms with E-state index in [4.69, 9.17) is 5.11 Å². The van der Waals surface area contributed by atoms with E-state index in [0.717, 1.165) is 22.4 Å². The number of benzene rings is 2. The van der Waals surface area contributed by atoms with Crippen molar-refractivity contribution in [3.63, 3.8) is 0 Å². The van der Waals surface area contributed by atoms with Crippen LogP contribution in [-0.2, 0) is 13.5 Å². The Morgan fingerprint density at radius 3 is 2.75 bits per heavy atom. The van der Waals surface area contributed by atoms with E-state index in [-0.39, 0.29) is 0 Å². The minimum absolute atomic E-state index is 0.307. The number of aryl methyl sites for hydroxylation is 1. The Balaban J connectivity index is 1.99. The summed E-state index contributed by atoms with van der Waals surface area (Å²) >= 11 is 0. The molecule has 3 rings (SSSR count). The molecule has 0 aliphatic heterocycles. The molecule has 0 aliphatic rings. The van der Waals surface area contributed by atoms with Crippen LogP contribution in [0.5, 0.6) is 0 Å². The van der Waals surface area contributed by atoms with Crippen molar-refractivity contribution in [1.82, 2.24) is 9.55 Å². The molecule has 0 fully saturated rings. The molecule has 1 N–H and O–H groups in total. The number of carbonyl (C=O) groups is 1. The third-order valence-electron chi connectivity index (χ3n) is 3.42. The highest BCUT2D eigenvalue weighted by atomic mass is 16.4. The maximum absolute atomic E-state index is 11.0. The second kappa shape index (κ2) is 4.81.